The molecule has 1 aromatic carbocycles. The molecule has 98 valence electrons. The van der Waals surface area contributed by atoms with Crippen molar-refractivity contribution in [3.63, 3.8) is 0 Å². The maximum Gasteiger partial charge on any atom is 0.318 e. The molecule has 1 N–H and O–H groups in total. The zero-order valence-electron chi connectivity index (χ0n) is 10.7. The fourth-order valence-electron chi connectivity index (χ4n) is 1.51. The van der Waals surface area contributed by atoms with Gasteiger partial charge in [-0.1, -0.05) is 6.92 Å². The number of nitrogens with one attached hydrogen (secondary N) is 1. The monoisotopic (exact) mass is 267 g/mol. The summed E-state index contributed by atoms with van der Waals surface area (Å²) in [5, 5.41) is 2.71. The maximum atomic E-state index is 11.9. The van der Waals surface area contributed by atoms with Crippen LogP contribution in [0.5, 0.6) is 0 Å². The molecule has 0 radical (unpaired) electrons. The topological polar surface area (TPSA) is 55.4 Å². The van der Waals surface area contributed by atoms with Crippen molar-refractivity contribution in [3.05, 3.63) is 24.3 Å². The van der Waals surface area contributed by atoms with Gasteiger partial charge in [-0.05, 0) is 36.9 Å². The third-order valence-corrected chi connectivity index (χ3v) is 3.31. The van der Waals surface area contributed by atoms with Gasteiger partial charge in [0.15, 0.2) is 0 Å². The van der Waals surface area contributed by atoms with Crippen LogP contribution in [-0.2, 0) is 14.3 Å². The lowest BCUT2D eigenvalue weighted by Gasteiger charge is -2.12. The molecular formula is C13H17NO3S. The number of hydrogen-bond donors (Lipinski definition) is 1. The first-order chi connectivity index (χ1) is 8.62. The Kier molecular flexibility index (Phi) is 5.71. The fraction of sp³-hybridized carbons (Fsp3) is 0.385. The third-order valence-electron chi connectivity index (χ3n) is 2.57. The molecule has 0 aromatic heterocycles. The molecule has 1 amide bonds. The highest BCUT2D eigenvalue weighted by Gasteiger charge is 2.25. The first kappa shape index (κ1) is 14.6. The summed E-state index contributed by atoms with van der Waals surface area (Å²) in [7, 11) is 1.28. The van der Waals surface area contributed by atoms with Crippen LogP contribution in [0.15, 0.2) is 29.2 Å². The minimum atomic E-state index is -0.754. The van der Waals surface area contributed by atoms with Crippen molar-refractivity contribution in [3.8, 4) is 0 Å². The van der Waals surface area contributed by atoms with Gasteiger partial charge < -0.3 is 10.1 Å². The highest BCUT2D eigenvalue weighted by molar-refractivity contribution is 7.98. The minimum Gasteiger partial charge on any atom is -0.468 e. The van der Waals surface area contributed by atoms with E-state index < -0.39 is 11.9 Å². The molecule has 0 saturated heterocycles. The Balaban J connectivity index is 2.70. The second-order valence-electron chi connectivity index (χ2n) is 3.70. The van der Waals surface area contributed by atoms with Crippen LogP contribution >= 0.6 is 11.8 Å². The largest absolute Gasteiger partial charge is 0.468 e. The molecule has 18 heavy (non-hydrogen) atoms. The molecule has 0 aliphatic carbocycles. The Morgan fingerprint density at radius 3 is 2.39 bits per heavy atom. The number of thioether (sulfide) groups is 1. The number of methoxy groups -OCH3 is 1. The van der Waals surface area contributed by atoms with Crippen LogP contribution < -0.4 is 5.32 Å². The smallest absolute Gasteiger partial charge is 0.318 e. The van der Waals surface area contributed by atoms with E-state index >= 15 is 0 Å². The van der Waals surface area contributed by atoms with Gasteiger partial charge >= 0.3 is 5.97 Å². The number of ether oxygens (including phenoxy) is 1. The molecule has 1 unspecified atom stereocenters. The van der Waals surface area contributed by atoms with E-state index in [1.54, 1.807) is 18.7 Å². The van der Waals surface area contributed by atoms with E-state index in [1.165, 1.54) is 7.11 Å². The standard InChI is InChI=1S/C13H17NO3S/c1-4-11(13(16)17-2)12(15)14-9-5-7-10(18-3)8-6-9/h5-8,11H,4H2,1-3H3,(H,14,15). The maximum absolute atomic E-state index is 11.9. The van der Waals surface area contributed by atoms with Gasteiger partial charge in [0.25, 0.3) is 0 Å². The van der Waals surface area contributed by atoms with E-state index in [0.717, 1.165) is 4.90 Å². The van der Waals surface area contributed by atoms with E-state index in [1.807, 2.05) is 30.5 Å². The summed E-state index contributed by atoms with van der Waals surface area (Å²) in [5.41, 5.74) is 0.681. The molecule has 4 nitrogen and oxygen atoms in total. The van der Waals surface area contributed by atoms with Crippen LogP contribution in [0.4, 0.5) is 5.69 Å². The summed E-state index contributed by atoms with van der Waals surface area (Å²) in [6.07, 6.45) is 2.40. The second-order valence-corrected chi connectivity index (χ2v) is 4.58. The number of carbonyl (C=O) groups excluding carboxylic acids is 2. The van der Waals surface area contributed by atoms with Gasteiger partial charge in [-0.3, -0.25) is 9.59 Å². The van der Waals surface area contributed by atoms with Gasteiger partial charge in [0.05, 0.1) is 7.11 Å². The Labute approximate surface area is 111 Å². The molecule has 1 aromatic rings. The first-order valence-electron chi connectivity index (χ1n) is 5.65. The van der Waals surface area contributed by atoms with Gasteiger partial charge in [0.1, 0.15) is 5.92 Å². The molecule has 0 saturated carbocycles. The van der Waals surface area contributed by atoms with E-state index in [2.05, 4.69) is 10.1 Å². The van der Waals surface area contributed by atoms with Gasteiger partial charge in [-0.25, -0.2) is 0 Å². The number of anilines is 1. The highest BCUT2D eigenvalue weighted by Crippen LogP contribution is 2.18. The molecule has 0 aliphatic heterocycles. The molecule has 0 aliphatic rings. The number of benzene rings is 1. The Bertz CT molecular complexity index is 417. The normalized spacial score (nSPS) is 11.7. The van der Waals surface area contributed by atoms with Gasteiger partial charge in [-0.15, -0.1) is 11.8 Å². The molecule has 1 atom stereocenters. The van der Waals surface area contributed by atoms with Crippen LogP contribution in [-0.4, -0.2) is 25.2 Å². The van der Waals surface area contributed by atoms with Crippen LogP contribution in [0.1, 0.15) is 13.3 Å². The predicted octanol–water partition coefficient (Wildman–Crippen LogP) is 2.55. The Hall–Kier alpha value is -1.49. The van der Waals surface area contributed by atoms with Crippen molar-refractivity contribution in [2.24, 2.45) is 5.92 Å². The lowest BCUT2D eigenvalue weighted by molar-refractivity contribution is -0.148. The van der Waals surface area contributed by atoms with Crippen molar-refractivity contribution >= 4 is 29.3 Å². The summed E-state index contributed by atoms with van der Waals surface area (Å²) in [6, 6.07) is 7.46. The van der Waals surface area contributed by atoms with Gasteiger partial charge in [0.2, 0.25) is 5.91 Å². The number of rotatable bonds is 5. The third kappa shape index (κ3) is 3.77. The first-order valence-corrected chi connectivity index (χ1v) is 6.87. The van der Waals surface area contributed by atoms with Crippen molar-refractivity contribution in [1.29, 1.82) is 0 Å². The molecule has 0 spiro atoms. The summed E-state index contributed by atoms with van der Waals surface area (Å²) in [5.74, 6) is -1.59. The minimum absolute atomic E-state index is 0.332. The molecule has 0 fully saturated rings. The second kappa shape index (κ2) is 7.06. The summed E-state index contributed by atoms with van der Waals surface area (Å²) < 4.78 is 4.60. The van der Waals surface area contributed by atoms with Crippen molar-refractivity contribution in [2.75, 3.05) is 18.7 Å². The van der Waals surface area contributed by atoms with Crippen LogP contribution in [0, 0.1) is 5.92 Å². The van der Waals surface area contributed by atoms with E-state index in [0.29, 0.717) is 12.1 Å². The van der Waals surface area contributed by atoms with Crippen molar-refractivity contribution in [1.82, 2.24) is 0 Å². The van der Waals surface area contributed by atoms with Gasteiger partial charge in [0, 0.05) is 10.6 Å². The lowest BCUT2D eigenvalue weighted by atomic mass is 10.1. The predicted molar refractivity (Wildman–Crippen MR) is 72.6 cm³/mol. The molecular weight excluding hydrogens is 250 g/mol. The summed E-state index contributed by atoms with van der Waals surface area (Å²) >= 11 is 1.63. The van der Waals surface area contributed by atoms with E-state index in [-0.39, 0.29) is 5.91 Å². The van der Waals surface area contributed by atoms with Crippen LogP contribution in [0.2, 0.25) is 0 Å². The Morgan fingerprint density at radius 2 is 1.94 bits per heavy atom. The average molecular weight is 267 g/mol. The summed E-state index contributed by atoms with van der Waals surface area (Å²) in [6.45, 7) is 1.78. The summed E-state index contributed by atoms with van der Waals surface area (Å²) in [4.78, 5) is 24.4. The number of amides is 1. The van der Waals surface area contributed by atoms with E-state index in [9.17, 15) is 9.59 Å². The van der Waals surface area contributed by atoms with Crippen molar-refractivity contribution < 1.29 is 14.3 Å². The van der Waals surface area contributed by atoms with Crippen molar-refractivity contribution in [2.45, 2.75) is 18.2 Å². The SMILES string of the molecule is CCC(C(=O)Nc1ccc(SC)cc1)C(=O)OC. The number of carbonyl (C=O) groups is 2. The quantitative estimate of drug-likeness (QED) is 0.506. The van der Waals surface area contributed by atoms with E-state index in [4.69, 9.17) is 0 Å². The van der Waals surface area contributed by atoms with Crippen LogP contribution in [0.25, 0.3) is 0 Å². The molecule has 1 rings (SSSR count). The molecule has 5 heteroatoms. The van der Waals surface area contributed by atoms with Crippen LogP contribution in [0.3, 0.4) is 0 Å². The zero-order chi connectivity index (χ0) is 13.5. The zero-order valence-corrected chi connectivity index (χ0v) is 11.5. The fourth-order valence-corrected chi connectivity index (χ4v) is 1.91. The van der Waals surface area contributed by atoms with Gasteiger partial charge in [-0.2, -0.15) is 0 Å². The number of esters is 1. The highest BCUT2D eigenvalue weighted by atomic mass is 32.2. The molecule has 0 bridgehead atoms. The Morgan fingerprint density at radius 1 is 1.33 bits per heavy atom. The lowest BCUT2D eigenvalue weighted by Crippen LogP contribution is -2.30. The molecule has 0 heterocycles. The number of hydrogen-bond acceptors (Lipinski definition) is 4. The average Bonchev–Trinajstić information content (AvgIpc) is 2.40.